The zero-order valence-electron chi connectivity index (χ0n) is 20.8. The number of benzene rings is 3. The van der Waals surface area contributed by atoms with Crippen molar-refractivity contribution in [2.75, 3.05) is 20.8 Å². The Balaban J connectivity index is 1.52. The van der Waals surface area contributed by atoms with Crippen molar-refractivity contribution in [2.45, 2.75) is 25.8 Å². The number of rotatable bonds is 6. The van der Waals surface area contributed by atoms with Gasteiger partial charge in [0.2, 0.25) is 11.8 Å². The number of carbonyl (C=O) groups is 1. The van der Waals surface area contributed by atoms with Gasteiger partial charge in [-0.1, -0.05) is 35.9 Å². The van der Waals surface area contributed by atoms with Crippen molar-refractivity contribution in [1.29, 1.82) is 0 Å². The summed E-state index contributed by atoms with van der Waals surface area (Å²) < 4.78 is 30.6. The van der Waals surface area contributed by atoms with Crippen LogP contribution >= 0.6 is 11.6 Å². The first-order valence-corrected chi connectivity index (χ1v) is 12.3. The van der Waals surface area contributed by atoms with Crippen molar-refractivity contribution in [2.24, 2.45) is 0 Å². The lowest BCUT2D eigenvalue weighted by Crippen LogP contribution is -2.41. The van der Waals surface area contributed by atoms with Crippen molar-refractivity contribution in [1.82, 2.24) is 9.88 Å². The first-order chi connectivity index (χ1) is 17.9. The van der Waals surface area contributed by atoms with Crippen LogP contribution in [0.3, 0.4) is 0 Å². The zero-order valence-corrected chi connectivity index (χ0v) is 21.5. The molecule has 1 aromatic heterocycles. The van der Waals surface area contributed by atoms with E-state index in [1.807, 2.05) is 41.3 Å². The summed E-state index contributed by atoms with van der Waals surface area (Å²) in [6, 6.07) is 17.0. The fourth-order valence-corrected chi connectivity index (χ4v) is 5.07. The van der Waals surface area contributed by atoms with Crippen LogP contribution in [0.25, 0.3) is 11.5 Å². The van der Waals surface area contributed by atoms with Gasteiger partial charge in [-0.25, -0.2) is 9.37 Å². The van der Waals surface area contributed by atoms with Crippen LogP contribution in [0, 0.1) is 12.7 Å². The predicted molar refractivity (Wildman–Crippen MR) is 139 cm³/mol. The molecule has 1 aliphatic heterocycles. The second-order valence-corrected chi connectivity index (χ2v) is 9.28. The molecule has 6 nitrogen and oxygen atoms in total. The van der Waals surface area contributed by atoms with Gasteiger partial charge in [-0.15, -0.1) is 0 Å². The number of methoxy groups -OCH3 is 2. The van der Waals surface area contributed by atoms with E-state index in [1.54, 1.807) is 33.3 Å². The standard InChI is InChI=1S/C29H26ClFN2O4/c1-17-24(32-29(37-17)19-7-6-8-20(31)13-19)16-27(34)33-12-11-18-14-25(35-2)26(36-3)15-22(18)28(33)21-9-4-5-10-23(21)30/h4-10,13-15,28H,11-12,16H2,1-3H3. The summed E-state index contributed by atoms with van der Waals surface area (Å²) in [6.45, 7) is 2.25. The monoisotopic (exact) mass is 520 g/mol. The first kappa shape index (κ1) is 24.8. The molecule has 1 atom stereocenters. The van der Waals surface area contributed by atoms with E-state index in [0.29, 0.717) is 46.5 Å². The van der Waals surface area contributed by atoms with Crippen molar-refractivity contribution in [3.8, 4) is 23.0 Å². The summed E-state index contributed by atoms with van der Waals surface area (Å²) in [5.74, 6) is 1.52. The van der Waals surface area contributed by atoms with Gasteiger partial charge in [0.05, 0.1) is 32.4 Å². The molecule has 0 radical (unpaired) electrons. The van der Waals surface area contributed by atoms with Gasteiger partial charge in [-0.2, -0.15) is 0 Å². The lowest BCUT2D eigenvalue weighted by Gasteiger charge is -2.38. The number of aromatic nitrogens is 1. The number of amides is 1. The number of ether oxygens (including phenoxy) is 2. The minimum Gasteiger partial charge on any atom is -0.493 e. The smallest absolute Gasteiger partial charge is 0.229 e. The second-order valence-electron chi connectivity index (χ2n) is 8.88. The van der Waals surface area contributed by atoms with Crippen LogP contribution in [0.1, 0.15) is 34.2 Å². The van der Waals surface area contributed by atoms with E-state index in [0.717, 1.165) is 16.7 Å². The molecule has 0 saturated carbocycles. The van der Waals surface area contributed by atoms with E-state index < -0.39 is 6.04 Å². The molecule has 37 heavy (non-hydrogen) atoms. The van der Waals surface area contributed by atoms with E-state index in [2.05, 4.69) is 4.98 Å². The van der Waals surface area contributed by atoms with Crippen molar-refractivity contribution >= 4 is 17.5 Å². The number of hydrogen-bond donors (Lipinski definition) is 0. The minimum absolute atomic E-state index is 0.0359. The number of hydrogen-bond acceptors (Lipinski definition) is 5. The summed E-state index contributed by atoms with van der Waals surface area (Å²) in [5, 5.41) is 0.568. The maximum absolute atomic E-state index is 13.8. The molecule has 8 heteroatoms. The lowest BCUT2D eigenvalue weighted by molar-refractivity contribution is -0.132. The van der Waals surface area contributed by atoms with Crippen LogP contribution < -0.4 is 9.47 Å². The normalized spacial score (nSPS) is 14.8. The highest BCUT2D eigenvalue weighted by molar-refractivity contribution is 6.31. The first-order valence-electron chi connectivity index (χ1n) is 11.9. The molecule has 190 valence electrons. The number of carbonyl (C=O) groups excluding carboxylic acids is 1. The summed E-state index contributed by atoms with van der Waals surface area (Å²) in [7, 11) is 3.19. The maximum atomic E-state index is 13.8. The summed E-state index contributed by atoms with van der Waals surface area (Å²) >= 11 is 6.64. The Labute approximate surface area is 219 Å². The molecule has 0 spiro atoms. The molecule has 0 saturated heterocycles. The van der Waals surface area contributed by atoms with Crippen molar-refractivity contribution < 1.29 is 23.1 Å². The number of aryl methyl sites for hydroxylation is 1. The predicted octanol–water partition coefficient (Wildman–Crippen LogP) is 6.18. The third kappa shape index (κ3) is 4.79. The number of halogens is 2. The highest BCUT2D eigenvalue weighted by Gasteiger charge is 2.35. The topological polar surface area (TPSA) is 64.8 Å². The second kappa shape index (κ2) is 10.3. The maximum Gasteiger partial charge on any atom is 0.229 e. The van der Waals surface area contributed by atoms with Gasteiger partial charge in [-0.05, 0) is 66.4 Å². The van der Waals surface area contributed by atoms with E-state index in [-0.39, 0.29) is 24.0 Å². The van der Waals surface area contributed by atoms with E-state index in [4.69, 9.17) is 25.5 Å². The molecule has 0 bridgehead atoms. The van der Waals surface area contributed by atoms with Crippen molar-refractivity contribution in [3.05, 3.63) is 99.6 Å². The van der Waals surface area contributed by atoms with Gasteiger partial charge in [0, 0.05) is 17.1 Å². The molecule has 1 amide bonds. The Bertz CT molecular complexity index is 1470. The molecular formula is C29H26ClFN2O4. The van der Waals surface area contributed by atoms with Crippen LogP contribution in [-0.2, 0) is 17.6 Å². The molecule has 5 rings (SSSR count). The Morgan fingerprint density at radius 3 is 2.57 bits per heavy atom. The quantitative estimate of drug-likeness (QED) is 0.304. The van der Waals surface area contributed by atoms with Gasteiger partial charge in [0.1, 0.15) is 11.6 Å². The third-order valence-electron chi connectivity index (χ3n) is 6.68. The minimum atomic E-state index is -0.417. The molecular weight excluding hydrogens is 495 g/mol. The fraction of sp³-hybridized carbons (Fsp3) is 0.241. The Hall–Kier alpha value is -3.84. The van der Waals surface area contributed by atoms with Crippen LogP contribution in [0.15, 0.2) is 65.1 Å². The summed E-state index contributed by atoms with van der Waals surface area (Å²) in [5.41, 5.74) is 3.85. The van der Waals surface area contributed by atoms with Crippen LogP contribution in [0.2, 0.25) is 5.02 Å². The Morgan fingerprint density at radius 1 is 1.08 bits per heavy atom. The third-order valence-corrected chi connectivity index (χ3v) is 7.02. The highest BCUT2D eigenvalue weighted by Crippen LogP contribution is 2.43. The summed E-state index contributed by atoms with van der Waals surface area (Å²) in [4.78, 5) is 20.1. The SMILES string of the molecule is COc1cc2c(cc1OC)C(c1ccccc1Cl)N(C(=O)Cc1nc(-c3cccc(F)c3)oc1C)CC2. The Kier molecular flexibility index (Phi) is 6.89. The molecule has 0 N–H and O–H groups in total. The molecule has 3 aromatic carbocycles. The van der Waals surface area contributed by atoms with Gasteiger partial charge in [0.15, 0.2) is 11.5 Å². The largest absolute Gasteiger partial charge is 0.493 e. The number of oxazole rings is 1. The fourth-order valence-electron chi connectivity index (χ4n) is 4.83. The van der Waals surface area contributed by atoms with Gasteiger partial charge < -0.3 is 18.8 Å². The number of nitrogens with zero attached hydrogens (tertiary/aromatic N) is 2. The van der Waals surface area contributed by atoms with Gasteiger partial charge >= 0.3 is 0 Å². The molecule has 1 unspecified atom stereocenters. The number of fused-ring (bicyclic) bond motifs is 1. The van der Waals surface area contributed by atoms with Crippen LogP contribution in [0.5, 0.6) is 11.5 Å². The van der Waals surface area contributed by atoms with Crippen LogP contribution in [-0.4, -0.2) is 36.6 Å². The molecule has 1 aliphatic rings. The van der Waals surface area contributed by atoms with Gasteiger partial charge in [-0.3, -0.25) is 4.79 Å². The van der Waals surface area contributed by atoms with Gasteiger partial charge in [0.25, 0.3) is 0 Å². The molecule has 2 heterocycles. The molecule has 0 aliphatic carbocycles. The Morgan fingerprint density at radius 2 is 1.84 bits per heavy atom. The highest BCUT2D eigenvalue weighted by atomic mass is 35.5. The zero-order chi connectivity index (χ0) is 26.1. The van der Waals surface area contributed by atoms with Crippen LogP contribution in [0.4, 0.5) is 4.39 Å². The lowest BCUT2D eigenvalue weighted by atomic mass is 9.87. The average Bonchev–Trinajstić information content (AvgIpc) is 3.27. The average molecular weight is 521 g/mol. The summed E-state index contributed by atoms with van der Waals surface area (Å²) in [6.07, 6.45) is 0.683. The van der Waals surface area contributed by atoms with E-state index >= 15 is 0 Å². The van der Waals surface area contributed by atoms with Crippen molar-refractivity contribution in [3.63, 3.8) is 0 Å². The molecule has 0 fully saturated rings. The van der Waals surface area contributed by atoms with E-state index in [1.165, 1.54) is 12.1 Å². The molecule has 4 aromatic rings. The van der Waals surface area contributed by atoms with E-state index in [9.17, 15) is 9.18 Å².